The van der Waals surface area contributed by atoms with Gasteiger partial charge in [-0.15, -0.1) is 0 Å². The summed E-state index contributed by atoms with van der Waals surface area (Å²) in [4.78, 5) is 13.8. The molecule has 0 saturated heterocycles. The number of nitrogens with zero attached hydrogens (tertiary/aromatic N) is 2. The van der Waals surface area contributed by atoms with Gasteiger partial charge < -0.3 is 0 Å². The van der Waals surface area contributed by atoms with Crippen LogP contribution >= 0.6 is 15.9 Å². The van der Waals surface area contributed by atoms with Gasteiger partial charge in [-0.25, -0.2) is 9.37 Å². The molecule has 0 atom stereocenters. The van der Waals surface area contributed by atoms with Crippen LogP contribution < -0.4 is 0 Å². The van der Waals surface area contributed by atoms with Gasteiger partial charge in [0, 0.05) is 17.5 Å². The summed E-state index contributed by atoms with van der Waals surface area (Å²) in [6.07, 6.45) is 0. The van der Waals surface area contributed by atoms with Crippen molar-refractivity contribution in [1.82, 2.24) is 4.98 Å². The van der Waals surface area contributed by atoms with Crippen molar-refractivity contribution in [3.63, 3.8) is 0 Å². The number of hydrogen-bond donors (Lipinski definition) is 0. The van der Waals surface area contributed by atoms with Gasteiger partial charge in [-0.1, -0.05) is 0 Å². The zero-order valence-corrected chi connectivity index (χ0v) is 8.86. The molecule has 0 aliphatic rings. The van der Waals surface area contributed by atoms with Crippen LogP contribution in [0.15, 0.2) is 28.9 Å². The molecular formula is C9H4BrFN2O2. The smallest absolute Gasteiger partial charge is 0.258 e. The Morgan fingerprint density at radius 1 is 1.40 bits per heavy atom. The summed E-state index contributed by atoms with van der Waals surface area (Å²) < 4.78 is 13.2. The number of nitro groups is 1. The predicted molar refractivity (Wildman–Crippen MR) is 56.1 cm³/mol. The van der Waals surface area contributed by atoms with Gasteiger partial charge in [0.15, 0.2) is 5.82 Å². The van der Waals surface area contributed by atoms with Crippen LogP contribution in [0.4, 0.5) is 10.1 Å². The third kappa shape index (κ3) is 1.80. The summed E-state index contributed by atoms with van der Waals surface area (Å²) in [5.74, 6) is -0.539. The molecule has 0 saturated carbocycles. The fourth-order valence-corrected chi connectivity index (χ4v) is 1.53. The number of pyridine rings is 1. The van der Waals surface area contributed by atoms with Crippen molar-refractivity contribution in [2.45, 2.75) is 0 Å². The summed E-state index contributed by atoms with van der Waals surface area (Å²) in [6, 6.07) is 5.31. The lowest BCUT2D eigenvalue weighted by atomic mass is 10.2. The molecule has 1 aromatic carbocycles. The van der Waals surface area contributed by atoms with E-state index >= 15 is 0 Å². The fraction of sp³-hybridized carbons (Fsp3) is 0. The molecule has 76 valence electrons. The van der Waals surface area contributed by atoms with E-state index in [0.29, 0.717) is 10.9 Å². The lowest BCUT2D eigenvalue weighted by molar-refractivity contribution is -0.384. The second-order valence-electron chi connectivity index (χ2n) is 2.90. The number of nitro benzene ring substituents is 1. The molecule has 0 aliphatic heterocycles. The van der Waals surface area contributed by atoms with Crippen LogP contribution in [0, 0.1) is 15.9 Å². The second kappa shape index (κ2) is 3.54. The van der Waals surface area contributed by atoms with Crippen LogP contribution in [0.2, 0.25) is 0 Å². The Morgan fingerprint density at radius 3 is 2.80 bits per heavy atom. The van der Waals surface area contributed by atoms with E-state index < -0.39 is 10.7 Å². The second-order valence-corrected chi connectivity index (χ2v) is 3.65. The zero-order valence-electron chi connectivity index (χ0n) is 7.28. The minimum Gasteiger partial charge on any atom is -0.258 e. The molecule has 0 fully saturated rings. The summed E-state index contributed by atoms with van der Waals surface area (Å²) in [5.41, 5.74) is 0.430. The Hall–Kier alpha value is -1.56. The largest absolute Gasteiger partial charge is 0.270 e. The van der Waals surface area contributed by atoms with Crippen LogP contribution in [0.1, 0.15) is 0 Å². The van der Waals surface area contributed by atoms with E-state index in [4.69, 9.17) is 0 Å². The quantitative estimate of drug-likeness (QED) is 0.455. The van der Waals surface area contributed by atoms with Crippen molar-refractivity contribution in [3.8, 4) is 0 Å². The van der Waals surface area contributed by atoms with Crippen LogP contribution in [0.25, 0.3) is 10.9 Å². The Balaban J connectivity index is 2.72. The van der Waals surface area contributed by atoms with Crippen LogP contribution in [-0.4, -0.2) is 9.91 Å². The summed E-state index contributed by atoms with van der Waals surface area (Å²) in [7, 11) is 0. The number of hydrogen-bond acceptors (Lipinski definition) is 3. The number of fused-ring (bicyclic) bond motifs is 1. The highest BCUT2D eigenvalue weighted by atomic mass is 79.9. The van der Waals surface area contributed by atoms with E-state index in [1.807, 2.05) is 0 Å². The molecule has 15 heavy (non-hydrogen) atoms. The molecule has 0 N–H and O–H groups in total. The number of non-ortho nitro benzene ring substituents is 1. The first-order valence-electron chi connectivity index (χ1n) is 3.98. The highest BCUT2D eigenvalue weighted by molar-refractivity contribution is 9.10. The highest BCUT2D eigenvalue weighted by Crippen LogP contribution is 2.23. The predicted octanol–water partition coefficient (Wildman–Crippen LogP) is 3.04. The van der Waals surface area contributed by atoms with Gasteiger partial charge >= 0.3 is 0 Å². The standard InChI is InChI=1S/C9H4BrFN2O2/c10-9-7(11)4-5-3-6(13(14)15)1-2-8(5)12-9/h1-4H. The number of aromatic nitrogens is 1. The van der Waals surface area contributed by atoms with Gasteiger partial charge in [-0.05, 0) is 28.1 Å². The molecule has 0 unspecified atom stereocenters. The zero-order chi connectivity index (χ0) is 11.0. The van der Waals surface area contributed by atoms with Crippen molar-refractivity contribution >= 4 is 32.5 Å². The molecule has 0 aliphatic carbocycles. The lowest BCUT2D eigenvalue weighted by Gasteiger charge is -1.99. The van der Waals surface area contributed by atoms with E-state index in [1.165, 1.54) is 24.3 Å². The molecular weight excluding hydrogens is 267 g/mol. The third-order valence-corrected chi connectivity index (χ3v) is 2.48. The lowest BCUT2D eigenvalue weighted by Crippen LogP contribution is -1.90. The van der Waals surface area contributed by atoms with Crippen LogP contribution in [0.3, 0.4) is 0 Å². The monoisotopic (exact) mass is 270 g/mol. The first kappa shape index (κ1) is 9.97. The van der Waals surface area contributed by atoms with Gasteiger partial charge in [0.2, 0.25) is 0 Å². The molecule has 2 rings (SSSR count). The van der Waals surface area contributed by atoms with E-state index in [1.54, 1.807) is 0 Å². The minimum atomic E-state index is -0.539. The molecule has 0 radical (unpaired) electrons. The Labute approximate surface area is 92.0 Å². The molecule has 6 heteroatoms. The maximum atomic E-state index is 13.1. The van der Waals surface area contributed by atoms with Crippen molar-refractivity contribution < 1.29 is 9.31 Å². The number of rotatable bonds is 1. The van der Waals surface area contributed by atoms with Crippen molar-refractivity contribution in [2.75, 3.05) is 0 Å². The molecule has 0 amide bonds. The third-order valence-electron chi connectivity index (χ3n) is 1.92. The van der Waals surface area contributed by atoms with Crippen molar-refractivity contribution in [1.29, 1.82) is 0 Å². The van der Waals surface area contributed by atoms with Gasteiger partial charge in [0.25, 0.3) is 5.69 Å². The average molecular weight is 271 g/mol. The Bertz CT molecular complexity index is 559. The van der Waals surface area contributed by atoms with Gasteiger partial charge in [0.05, 0.1) is 10.4 Å². The van der Waals surface area contributed by atoms with E-state index in [-0.39, 0.29) is 10.3 Å². The summed E-state index contributed by atoms with van der Waals surface area (Å²) in [5, 5.41) is 10.9. The van der Waals surface area contributed by atoms with E-state index in [0.717, 1.165) is 0 Å². The molecule has 1 heterocycles. The van der Waals surface area contributed by atoms with Crippen molar-refractivity contribution in [2.24, 2.45) is 0 Å². The summed E-state index contributed by atoms with van der Waals surface area (Å²) in [6.45, 7) is 0. The Kier molecular flexibility index (Phi) is 2.36. The van der Waals surface area contributed by atoms with Gasteiger partial charge in [-0.2, -0.15) is 0 Å². The molecule has 4 nitrogen and oxygen atoms in total. The molecule has 1 aromatic heterocycles. The van der Waals surface area contributed by atoms with Crippen molar-refractivity contribution in [3.05, 3.63) is 44.8 Å². The molecule has 2 aromatic rings. The normalized spacial score (nSPS) is 10.5. The SMILES string of the molecule is O=[N+]([O-])c1ccc2nc(Br)c(F)cc2c1. The van der Waals surface area contributed by atoms with E-state index in [2.05, 4.69) is 20.9 Å². The minimum absolute atomic E-state index is 0.0778. The van der Waals surface area contributed by atoms with Crippen LogP contribution in [0.5, 0.6) is 0 Å². The average Bonchev–Trinajstić information content (AvgIpc) is 2.19. The fourth-order valence-electron chi connectivity index (χ4n) is 1.23. The topological polar surface area (TPSA) is 56.0 Å². The van der Waals surface area contributed by atoms with E-state index in [9.17, 15) is 14.5 Å². The maximum absolute atomic E-state index is 13.1. The highest BCUT2D eigenvalue weighted by Gasteiger charge is 2.09. The number of benzene rings is 1. The van der Waals surface area contributed by atoms with Crippen LogP contribution in [-0.2, 0) is 0 Å². The maximum Gasteiger partial charge on any atom is 0.270 e. The summed E-state index contributed by atoms with van der Waals surface area (Å²) >= 11 is 2.94. The Morgan fingerprint density at radius 2 is 2.13 bits per heavy atom. The first-order valence-corrected chi connectivity index (χ1v) is 4.77. The van der Waals surface area contributed by atoms with Gasteiger partial charge in [-0.3, -0.25) is 10.1 Å². The van der Waals surface area contributed by atoms with Gasteiger partial charge in [0.1, 0.15) is 4.60 Å². The molecule has 0 bridgehead atoms. The molecule has 0 spiro atoms. The number of halogens is 2. The first-order chi connectivity index (χ1) is 7.08.